The molecule has 1 N–H and O–H groups in total. The van der Waals surface area contributed by atoms with Crippen molar-refractivity contribution in [1.82, 2.24) is 5.32 Å². The van der Waals surface area contributed by atoms with Crippen LogP contribution in [0.1, 0.15) is 30.6 Å². The van der Waals surface area contributed by atoms with Gasteiger partial charge in [-0.25, -0.2) is 0 Å². The Kier molecular flexibility index (Phi) is 6.35. The van der Waals surface area contributed by atoms with Crippen LogP contribution in [0.3, 0.4) is 0 Å². The highest BCUT2D eigenvalue weighted by molar-refractivity contribution is 5.18. The second-order valence-electron chi connectivity index (χ2n) is 5.00. The summed E-state index contributed by atoms with van der Waals surface area (Å²) in [5.41, 5.74) is 1.38. The van der Waals surface area contributed by atoms with Crippen LogP contribution in [0.4, 0.5) is 0 Å². The van der Waals surface area contributed by atoms with Gasteiger partial charge in [0.25, 0.3) is 0 Å². The van der Waals surface area contributed by atoms with E-state index in [9.17, 15) is 0 Å². The van der Waals surface area contributed by atoms with Gasteiger partial charge in [0.1, 0.15) is 12.4 Å². The summed E-state index contributed by atoms with van der Waals surface area (Å²) in [7, 11) is 0. The van der Waals surface area contributed by atoms with Gasteiger partial charge >= 0.3 is 0 Å². The Bertz CT molecular complexity index is 453. The topological polar surface area (TPSA) is 34.4 Å². The lowest BCUT2D eigenvalue weighted by Gasteiger charge is -2.12. The van der Waals surface area contributed by atoms with Crippen molar-refractivity contribution in [2.45, 2.75) is 25.9 Å². The van der Waals surface area contributed by atoms with E-state index < -0.39 is 0 Å². The summed E-state index contributed by atoms with van der Waals surface area (Å²) >= 11 is 0. The predicted molar refractivity (Wildman–Crippen MR) is 80.7 cm³/mol. The number of benzene rings is 1. The molecule has 0 radical (unpaired) electrons. The zero-order chi connectivity index (χ0) is 14.0. The lowest BCUT2D eigenvalue weighted by atomic mass is 10.0. The predicted octanol–water partition coefficient (Wildman–Crippen LogP) is 3.58. The molecule has 108 valence electrons. The van der Waals surface area contributed by atoms with Crippen molar-refractivity contribution < 1.29 is 9.15 Å². The first-order valence-corrected chi connectivity index (χ1v) is 7.22. The van der Waals surface area contributed by atoms with Crippen LogP contribution in [0.2, 0.25) is 0 Å². The Morgan fingerprint density at radius 3 is 2.75 bits per heavy atom. The Morgan fingerprint density at radius 2 is 2.00 bits per heavy atom. The van der Waals surface area contributed by atoms with E-state index in [2.05, 4.69) is 42.6 Å². The van der Waals surface area contributed by atoms with Gasteiger partial charge in [-0.3, -0.25) is 0 Å². The average molecular weight is 273 g/mol. The first-order valence-electron chi connectivity index (χ1n) is 7.22. The third kappa shape index (κ3) is 5.19. The van der Waals surface area contributed by atoms with Crippen LogP contribution in [0.15, 0.2) is 53.1 Å². The van der Waals surface area contributed by atoms with Gasteiger partial charge in [-0.05, 0) is 36.6 Å². The van der Waals surface area contributed by atoms with Crippen LogP contribution < -0.4 is 5.32 Å². The van der Waals surface area contributed by atoms with Crippen molar-refractivity contribution in [3.63, 3.8) is 0 Å². The van der Waals surface area contributed by atoms with Gasteiger partial charge in [0.2, 0.25) is 0 Å². The molecule has 20 heavy (non-hydrogen) atoms. The molecule has 2 aromatic rings. The summed E-state index contributed by atoms with van der Waals surface area (Å²) in [4.78, 5) is 0. The lowest BCUT2D eigenvalue weighted by molar-refractivity contribution is 0.104. The Hall–Kier alpha value is -1.58. The third-order valence-corrected chi connectivity index (χ3v) is 3.29. The molecule has 1 unspecified atom stereocenters. The van der Waals surface area contributed by atoms with Crippen LogP contribution in [0.5, 0.6) is 0 Å². The van der Waals surface area contributed by atoms with E-state index in [0.717, 1.165) is 31.9 Å². The average Bonchev–Trinajstić information content (AvgIpc) is 3.00. The summed E-state index contributed by atoms with van der Waals surface area (Å²) < 4.78 is 10.7. The number of furan rings is 1. The summed E-state index contributed by atoms with van der Waals surface area (Å²) in [5, 5.41) is 3.47. The van der Waals surface area contributed by atoms with Crippen LogP contribution in [0.25, 0.3) is 0 Å². The highest BCUT2D eigenvalue weighted by atomic mass is 16.5. The van der Waals surface area contributed by atoms with Gasteiger partial charge in [-0.1, -0.05) is 37.3 Å². The highest BCUT2D eigenvalue weighted by Crippen LogP contribution is 2.12. The van der Waals surface area contributed by atoms with Crippen molar-refractivity contribution in [2.24, 2.45) is 0 Å². The molecule has 0 aliphatic carbocycles. The zero-order valence-corrected chi connectivity index (χ0v) is 12.0. The minimum atomic E-state index is 0.542. The number of nitrogens with one attached hydrogen (secondary N) is 1. The molecular formula is C17H23NO2. The van der Waals surface area contributed by atoms with Crippen LogP contribution >= 0.6 is 0 Å². The van der Waals surface area contributed by atoms with E-state index in [1.165, 1.54) is 5.56 Å². The molecule has 1 heterocycles. The second-order valence-corrected chi connectivity index (χ2v) is 5.00. The molecule has 0 bridgehead atoms. The van der Waals surface area contributed by atoms with E-state index in [1.807, 2.05) is 12.1 Å². The Morgan fingerprint density at radius 1 is 1.15 bits per heavy atom. The van der Waals surface area contributed by atoms with Crippen molar-refractivity contribution in [2.75, 3.05) is 19.7 Å². The van der Waals surface area contributed by atoms with Gasteiger partial charge in [0, 0.05) is 13.2 Å². The monoisotopic (exact) mass is 273 g/mol. The quantitative estimate of drug-likeness (QED) is 0.709. The fourth-order valence-electron chi connectivity index (χ4n) is 2.08. The van der Waals surface area contributed by atoms with Crippen molar-refractivity contribution >= 4 is 0 Å². The summed E-state index contributed by atoms with van der Waals surface area (Å²) in [6.07, 6.45) is 2.69. The maximum atomic E-state index is 5.54. The van der Waals surface area contributed by atoms with Crippen molar-refractivity contribution in [3.8, 4) is 0 Å². The van der Waals surface area contributed by atoms with Crippen molar-refractivity contribution in [1.29, 1.82) is 0 Å². The van der Waals surface area contributed by atoms with Crippen LogP contribution in [-0.4, -0.2) is 19.7 Å². The van der Waals surface area contributed by atoms with Crippen LogP contribution in [0, 0.1) is 0 Å². The van der Waals surface area contributed by atoms with E-state index in [0.29, 0.717) is 12.5 Å². The SMILES string of the molecule is CC(CNCCCOCc1ccco1)c1ccccc1. The molecule has 0 saturated heterocycles. The van der Waals surface area contributed by atoms with Crippen LogP contribution in [-0.2, 0) is 11.3 Å². The highest BCUT2D eigenvalue weighted by Gasteiger charge is 2.03. The molecule has 0 spiro atoms. The minimum Gasteiger partial charge on any atom is -0.467 e. The molecule has 1 aromatic carbocycles. The molecule has 0 fully saturated rings. The molecule has 1 atom stereocenters. The van der Waals surface area contributed by atoms with Gasteiger partial charge in [-0.2, -0.15) is 0 Å². The lowest BCUT2D eigenvalue weighted by Crippen LogP contribution is -2.22. The number of hydrogen-bond acceptors (Lipinski definition) is 3. The van der Waals surface area contributed by atoms with E-state index in [4.69, 9.17) is 9.15 Å². The molecule has 3 nitrogen and oxygen atoms in total. The van der Waals surface area contributed by atoms with E-state index in [-0.39, 0.29) is 0 Å². The van der Waals surface area contributed by atoms with E-state index in [1.54, 1.807) is 6.26 Å². The molecule has 3 heteroatoms. The summed E-state index contributed by atoms with van der Waals surface area (Å²) in [5.74, 6) is 1.43. The first-order chi connectivity index (χ1) is 9.86. The molecule has 0 aliphatic rings. The first kappa shape index (κ1) is 14.8. The number of rotatable bonds is 9. The van der Waals surface area contributed by atoms with Gasteiger partial charge < -0.3 is 14.5 Å². The number of ether oxygens (including phenoxy) is 1. The molecule has 2 rings (SSSR count). The maximum Gasteiger partial charge on any atom is 0.129 e. The minimum absolute atomic E-state index is 0.542. The van der Waals surface area contributed by atoms with Crippen molar-refractivity contribution in [3.05, 3.63) is 60.1 Å². The maximum absolute atomic E-state index is 5.54. The molecular weight excluding hydrogens is 250 g/mol. The van der Waals surface area contributed by atoms with Gasteiger partial charge in [0.15, 0.2) is 0 Å². The van der Waals surface area contributed by atoms with E-state index >= 15 is 0 Å². The third-order valence-electron chi connectivity index (χ3n) is 3.29. The normalized spacial score (nSPS) is 12.4. The smallest absolute Gasteiger partial charge is 0.129 e. The van der Waals surface area contributed by atoms with Gasteiger partial charge in [-0.15, -0.1) is 0 Å². The number of hydrogen-bond donors (Lipinski definition) is 1. The fraction of sp³-hybridized carbons (Fsp3) is 0.412. The summed E-state index contributed by atoms with van der Waals surface area (Å²) in [6, 6.07) is 14.4. The Labute approximate surface area is 121 Å². The van der Waals surface area contributed by atoms with Gasteiger partial charge in [0.05, 0.1) is 6.26 Å². The Balaban J connectivity index is 1.49. The molecule has 1 aromatic heterocycles. The summed E-state index contributed by atoms with van der Waals surface area (Å²) in [6.45, 7) is 5.55. The second kappa shape index (κ2) is 8.56. The standard InChI is InChI=1S/C17H23NO2/c1-15(16-7-3-2-4-8-16)13-18-10-6-11-19-14-17-9-5-12-20-17/h2-5,7-9,12,15,18H,6,10-11,13-14H2,1H3. The fourth-order valence-corrected chi connectivity index (χ4v) is 2.08. The zero-order valence-electron chi connectivity index (χ0n) is 12.0. The largest absolute Gasteiger partial charge is 0.467 e. The molecule has 0 saturated carbocycles. The molecule has 0 aliphatic heterocycles. The molecule has 0 amide bonds.